The van der Waals surface area contributed by atoms with Crippen molar-refractivity contribution in [2.45, 2.75) is 58.5 Å². The third kappa shape index (κ3) is 7.41. The van der Waals surface area contributed by atoms with Gasteiger partial charge in [0.15, 0.2) is 0 Å². The summed E-state index contributed by atoms with van der Waals surface area (Å²) in [7, 11) is 4.12. The molecule has 0 saturated carbocycles. The predicted octanol–water partition coefficient (Wildman–Crippen LogP) is 12.0. The van der Waals surface area contributed by atoms with E-state index in [-0.39, 0.29) is 22.1 Å². The molecule has 0 heterocycles. The smallest absolute Gasteiger partial charge is 0.339 e. The number of nitrogens with zero attached hydrogens (tertiary/aromatic N) is 1. The highest BCUT2D eigenvalue weighted by atomic mass is 16.4. The first-order chi connectivity index (χ1) is 27.7. The minimum atomic E-state index is -1.20. The van der Waals surface area contributed by atoms with Crippen LogP contribution >= 0.6 is 0 Å². The van der Waals surface area contributed by atoms with Crippen LogP contribution in [0, 0.1) is 5.41 Å². The molecule has 6 aromatic rings. The van der Waals surface area contributed by atoms with Gasteiger partial charge in [-0.25, -0.2) is 4.79 Å². The molecular weight excluding hydrogens is 717 g/mol. The van der Waals surface area contributed by atoms with Gasteiger partial charge in [0.25, 0.3) is 0 Å². The third-order valence-corrected chi connectivity index (χ3v) is 12.0. The first-order valence-electron chi connectivity index (χ1n) is 20.2. The number of hydrogen-bond donors (Lipinski definition) is 4. The number of aliphatic hydroxyl groups is 1. The molecule has 0 amide bonds. The van der Waals surface area contributed by atoms with Crippen molar-refractivity contribution in [3.8, 4) is 16.9 Å². The topological polar surface area (TPSA) is 93.0 Å². The van der Waals surface area contributed by atoms with E-state index in [1.165, 1.54) is 51.0 Å². The molecule has 0 fully saturated rings. The number of carboxylic acids is 1. The summed E-state index contributed by atoms with van der Waals surface area (Å²) < 4.78 is 0. The fourth-order valence-electron chi connectivity index (χ4n) is 9.18. The Morgan fingerprint density at radius 1 is 0.862 bits per heavy atom. The van der Waals surface area contributed by atoms with E-state index in [2.05, 4.69) is 131 Å². The highest BCUT2D eigenvalue weighted by Crippen LogP contribution is 2.52. The monoisotopic (exact) mass is 768 g/mol. The number of allylic oxidation sites excluding steroid dienone is 4. The van der Waals surface area contributed by atoms with E-state index < -0.39 is 12.1 Å². The second-order valence-corrected chi connectivity index (χ2v) is 17.6. The van der Waals surface area contributed by atoms with Crippen LogP contribution in [0.4, 0.5) is 11.4 Å². The van der Waals surface area contributed by atoms with Crippen LogP contribution < -0.4 is 10.2 Å². The molecule has 0 radical (unpaired) electrons. The van der Waals surface area contributed by atoms with Crippen LogP contribution in [0.1, 0.15) is 84.8 Å². The van der Waals surface area contributed by atoms with Gasteiger partial charge in [-0.1, -0.05) is 124 Å². The van der Waals surface area contributed by atoms with E-state index in [4.69, 9.17) is 0 Å². The number of aliphatic hydroxyl groups excluding tert-OH is 1. The molecule has 6 aromatic carbocycles. The van der Waals surface area contributed by atoms with Crippen LogP contribution in [0.2, 0.25) is 0 Å². The summed E-state index contributed by atoms with van der Waals surface area (Å²) >= 11 is 0. The SMILES string of the molecule is CN(C)c1ccc(CCNc2cc(-c3ccc4ccccc4c3C(O)C=Cc3ccc(C(=O)O)c(O)c3)cc3ccc4c(c23)C(C)(C)CC2=C4C=CC(C)(C)C2)cc1. The number of benzene rings is 6. The molecule has 0 aliphatic heterocycles. The fourth-order valence-corrected chi connectivity index (χ4v) is 9.18. The molecule has 6 nitrogen and oxygen atoms in total. The normalized spacial score (nSPS) is 16.1. The zero-order chi connectivity index (χ0) is 40.9. The number of hydrogen-bond acceptors (Lipinski definition) is 5. The molecule has 1 atom stereocenters. The number of aromatic carboxylic acids is 1. The molecule has 0 spiro atoms. The lowest BCUT2D eigenvalue weighted by Crippen LogP contribution is -2.28. The second-order valence-electron chi connectivity index (χ2n) is 17.6. The maximum absolute atomic E-state index is 12.0. The summed E-state index contributed by atoms with van der Waals surface area (Å²) in [4.78, 5) is 13.6. The lowest BCUT2D eigenvalue weighted by molar-refractivity contribution is 0.0693. The van der Waals surface area contributed by atoms with Gasteiger partial charge in [-0.15, -0.1) is 0 Å². The Morgan fingerprint density at radius 3 is 2.34 bits per heavy atom. The predicted molar refractivity (Wildman–Crippen MR) is 241 cm³/mol. The zero-order valence-electron chi connectivity index (χ0n) is 34.2. The Bertz CT molecular complexity index is 2680. The van der Waals surface area contributed by atoms with Crippen molar-refractivity contribution in [1.29, 1.82) is 0 Å². The van der Waals surface area contributed by atoms with E-state index in [1.807, 2.05) is 18.2 Å². The summed E-state index contributed by atoms with van der Waals surface area (Å²) in [6.07, 6.45) is 10.1. The van der Waals surface area contributed by atoms with E-state index in [0.717, 1.165) is 64.3 Å². The lowest BCUT2D eigenvalue weighted by atomic mass is 9.64. The van der Waals surface area contributed by atoms with Crippen molar-refractivity contribution in [2.75, 3.05) is 30.9 Å². The van der Waals surface area contributed by atoms with Crippen LogP contribution in [-0.4, -0.2) is 41.9 Å². The quantitative estimate of drug-likeness (QED) is 0.111. The average molecular weight is 769 g/mol. The zero-order valence-corrected chi connectivity index (χ0v) is 34.2. The Kier molecular flexibility index (Phi) is 10.0. The maximum Gasteiger partial charge on any atom is 0.339 e. The van der Waals surface area contributed by atoms with Crippen molar-refractivity contribution >= 4 is 50.5 Å². The standard InChI is InChI=1S/C52H52N2O4/c1-51(2)25-23-39-37(30-51)31-52(3,4)49-42(39)21-16-35-28-36(29-44(47(35)49)53-26-24-32-11-17-38(18-12-32)54(5)6)41-20-15-34-9-7-8-10-40(34)48(41)45(55)22-14-33-13-19-43(50(57)58)46(56)27-33/h7-23,25,27-29,45,53,55-56H,24,26,30-31H2,1-6H3,(H,57,58). The summed E-state index contributed by atoms with van der Waals surface area (Å²) in [5.74, 6) is -1.52. The average Bonchev–Trinajstić information content (AvgIpc) is 3.18. The van der Waals surface area contributed by atoms with E-state index in [0.29, 0.717) is 5.56 Å². The summed E-state index contributed by atoms with van der Waals surface area (Å²) in [6.45, 7) is 10.2. The van der Waals surface area contributed by atoms with E-state index in [9.17, 15) is 20.1 Å². The maximum atomic E-state index is 12.0. The molecule has 8 rings (SSSR count). The van der Waals surface area contributed by atoms with Gasteiger partial charge in [-0.2, -0.15) is 0 Å². The summed E-state index contributed by atoms with van der Waals surface area (Å²) in [5.41, 5.74) is 12.2. The van der Waals surface area contributed by atoms with Crippen LogP contribution in [0.25, 0.3) is 44.3 Å². The first kappa shape index (κ1) is 38.7. The van der Waals surface area contributed by atoms with Gasteiger partial charge in [0, 0.05) is 43.0 Å². The molecule has 0 saturated heterocycles. The molecular formula is C52H52N2O4. The van der Waals surface area contributed by atoms with Crippen LogP contribution in [0.5, 0.6) is 5.75 Å². The molecule has 0 bridgehead atoms. The number of aromatic hydroxyl groups is 1. The molecule has 6 heteroatoms. The highest BCUT2D eigenvalue weighted by molar-refractivity contribution is 6.05. The van der Waals surface area contributed by atoms with Gasteiger partial charge in [0.05, 0.1) is 6.10 Å². The van der Waals surface area contributed by atoms with Crippen LogP contribution in [-0.2, 0) is 11.8 Å². The number of fused-ring (bicyclic) bond motifs is 5. The summed E-state index contributed by atoms with van der Waals surface area (Å²) in [6, 6.07) is 34.6. The molecule has 2 aliphatic carbocycles. The number of anilines is 2. The number of carboxylic acid groups (broad SMARTS) is 1. The van der Waals surface area contributed by atoms with Gasteiger partial charge in [0.2, 0.25) is 0 Å². The first-order valence-corrected chi connectivity index (χ1v) is 20.2. The minimum absolute atomic E-state index is 0.0961. The Hall–Kier alpha value is -6.11. The number of carbonyl (C=O) groups is 1. The largest absolute Gasteiger partial charge is 0.507 e. The van der Waals surface area contributed by atoms with E-state index in [1.54, 1.807) is 18.2 Å². The van der Waals surface area contributed by atoms with Gasteiger partial charge < -0.3 is 25.5 Å². The van der Waals surface area contributed by atoms with Crippen LogP contribution in [0.3, 0.4) is 0 Å². The van der Waals surface area contributed by atoms with Gasteiger partial charge in [-0.05, 0) is 122 Å². The molecule has 0 aromatic heterocycles. The Labute approximate surface area is 341 Å². The van der Waals surface area contributed by atoms with Gasteiger partial charge >= 0.3 is 5.97 Å². The highest BCUT2D eigenvalue weighted by Gasteiger charge is 2.37. The van der Waals surface area contributed by atoms with Crippen LogP contribution in [0.15, 0.2) is 127 Å². The molecule has 2 aliphatic rings. The number of phenols is 1. The van der Waals surface area contributed by atoms with E-state index >= 15 is 0 Å². The molecule has 4 N–H and O–H groups in total. The molecule has 294 valence electrons. The van der Waals surface area contributed by atoms with Gasteiger partial charge in [0.1, 0.15) is 11.3 Å². The summed E-state index contributed by atoms with van der Waals surface area (Å²) in [5, 5.41) is 40.0. The van der Waals surface area contributed by atoms with Gasteiger partial charge in [-0.3, -0.25) is 0 Å². The van der Waals surface area contributed by atoms with Crippen molar-refractivity contribution < 1.29 is 20.1 Å². The fraction of sp³-hybridized carbons (Fsp3) is 0.250. The lowest BCUT2D eigenvalue weighted by Gasteiger charge is -2.40. The number of nitrogens with one attached hydrogen (secondary N) is 1. The number of rotatable bonds is 10. The van der Waals surface area contributed by atoms with Crippen molar-refractivity contribution in [2.24, 2.45) is 5.41 Å². The Balaban J connectivity index is 1.27. The molecule has 1 unspecified atom stereocenters. The van der Waals surface area contributed by atoms with Crippen molar-refractivity contribution in [1.82, 2.24) is 0 Å². The van der Waals surface area contributed by atoms with Crippen molar-refractivity contribution in [3.05, 3.63) is 160 Å². The minimum Gasteiger partial charge on any atom is -0.507 e. The van der Waals surface area contributed by atoms with Crippen molar-refractivity contribution in [3.63, 3.8) is 0 Å². The molecule has 58 heavy (non-hydrogen) atoms. The third-order valence-electron chi connectivity index (χ3n) is 12.0. The second kappa shape index (κ2) is 15.0. The Morgan fingerprint density at radius 2 is 1.60 bits per heavy atom.